The number of nitrogens with zero attached hydrogens (tertiary/aromatic N) is 1. The summed E-state index contributed by atoms with van der Waals surface area (Å²) in [4.78, 5) is 24.3. The number of imidazole rings is 2. The van der Waals surface area contributed by atoms with Gasteiger partial charge in [0.15, 0.2) is 0 Å². The van der Waals surface area contributed by atoms with E-state index in [9.17, 15) is 4.79 Å². The summed E-state index contributed by atoms with van der Waals surface area (Å²) in [7, 11) is 0. The SMILES string of the molecule is CCC(NC(C)c1ccc2[nH]c(=O)[nH]c2c1)c1ncc[nH]1. The minimum absolute atomic E-state index is 0.155. The molecule has 0 aliphatic carbocycles. The molecule has 1 aromatic carbocycles. The lowest BCUT2D eigenvalue weighted by molar-refractivity contribution is 0.441. The van der Waals surface area contributed by atoms with E-state index in [1.165, 1.54) is 0 Å². The highest BCUT2D eigenvalue weighted by Gasteiger charge is 2.16. The molecular weight excluding hydrogens is 266 g/mol. The van der Waals surface area contributed by atoms with Crippen LogP contribution in [0, 0.1) is 0 Å². The van der Waals surface area contributed by atoms with Crippen LogP contribution < -0.4 is 11.0 Å². The van der Waals surface area contributed by atoms with Crippen molar-refractivity contribution < 1.29 is 0 Å². The van der Waals surface area contributed by atoms with E-state index in [2.05, 4.69) is 39.1 Å². The van der Waals surface area contributed by atoms with E-state index in [-0.39, 0.29) is 17.8 Å². The average Bonchev–Trinajstić information content (AvgIpc) is 3.11. The van der Waals surface area contributed by atoms with Crippen molar-refractivity contribution in [1.29, 1.82) is 0 Å². The Morgan fingerprint density at radius 2 is 2.10 bits per heavy atom. The van der Waals surface area contributed by atoms with Crippen LogP contribution in [0.5, 0.6) is 0 Å². The predicted octanol–water partition coefficient (Wildman–Crippen LogP) is 2.38. The van der Waals surface area contributed by atoms with Crippen LogP contribution in [0.15, 0.2) is 35.4 Å². The highest BCUT2D eigenvalue weighted by Crippen LogP contribution is 2.21. The van der Waals surface area contributed by atoms with Gasteiger partial charge in [-0.2, -0.15) is 0 Å². The Labute approximate surface area is 122 Å². The second kappa shape index (κ2) is 5.57. The second-order valence-corrected chi connectivity index (χ2v) is 5.21. The summed E-state index contributed by atoms with van der Waals surface area (Å²) in [5, 5.41) is 3.56. The second-order valence-electron chi connectivity index (χ2n) is 5.21. The lowest BCUT2D eigenvalue weighted by Gasteiger charge is -2.21. The van der Waals surface area contributed by atoms with Crippen LogP contribution in [0.3, 0.4) is 0 Å². The topological polar surface area (TPSA) is 89.4 Å². The van der Waals surface area contributed by atoms with Gasteiger partial charge in [0.1, 0.15) is 5.82 Å². The van der Waals surface area contributed by atoms with Crippen LogP contribution in [-0.2, 0) is 0 Å². The Hall–Kier alpha value is -2.34. The van der Waals surface area contributed by atoms with E-state index in [0.717, 1.165) is 28.8 Å². The maximum Gasteiger partial charge on any atom is 0.323 e. The van der Waals surface area contributed by atoms with Gasteiger partial charge >= 0.3 is 5.69 Å². The first-order valence-corrected chi connectivity index (χ1v) is 7.14. The van der Waals surface area contributed by atoms with Gasteiger partial charge in [-0.25, -0.2) is 9.78 Å². The molecule has 110 valence electrons. The number of nitrogens with one attached hydrogen (secondary N) is 4. The predicted molar refractivity (Wildman–Crippen MR) is 82.1 cm³/mol. The van der Waals surface area contributed by atoms with Gasteiger partial charge in [-0.05, 0) is 31.0 Å². The number of hydrogen-bond acceptors (Lipinski definition) is 3. The first kappa shape index (κ1) is 13.6. The molecule has 0 spiro atoms. The first-order valence-electron chi connectivity index (χ1n) is 7.14. The van der Waals surface area contributed by atoms with E-state index in [0.29, 0.717) is 0 Å². The molecule has 6 nitrogen and oxygen atoms in total. The number of rotatable bonds is 5. The van der Waals surface area contributed by atoms with E-state index < -0.39 is 0 Å². The molecule has 0 amide bonds. The zero-order valence-electron chi connectivity index (χ0n) is 12.1. The highest BCUT2D eigenvalue weighted by molar-refractivity contribution is 5.75. The summed E-state index contributed by atoms with van der Waals surface area (Å²) in [6.45, 7) is 4.23. The standard InChI is InChI=1S/C15H19N5O/c1-3-11(14-16-6-7-17-14)18-9(2)10-4-5-12-13(8-10)20-15(21)19-12/h4-9,11,18H,3H2,1-2H3,(H,16,17)(H2,19,20,21). The van der Waals surface area contributed by atoms with Crippen LogP contribution in [0.2, 0.25) is 0 Å². The molecule has 3 aromatic rings. The van der Waals surface area contributed by atoms with Gasteiger partial charge in [-0.1, -0.05) is 13.0 Å². The largest absolute Gasteiger partial charge is 0.347 e. The van der Waals surface area contributed by atoms with Crippen LogP contribution in [-0.4, -0.2) is 19.9 Å². The molecule has 6 heteroatoms. The summed E-state index contributed by atoms with van der Waals surface area (Å²) in [5.74, 6) is 0.945. The summed E-state index contributed by atoms with van der Waals surface area (Å²) in [6, 6.07) is 6.28. The molecular formula is C15H19N5O. The van der Waals surface area contributed by atoms with Crippen molar-refractivity contribution in [3.8, 4) is 0 Å². The Morgan fingerprint density at radius 3 is 2.81 bits per heavy atom. The van der Waals surface area contributed by atoms with Crippen molar-refractivity contribution in [3.05, 3.63) is 52.5 Å². The number of fused-ring (bicyclic) bond motifs is 1. The Kier molecular flexibility index (Phi) is 3.62. The third kappa shape index (κ3) is 2.75. The number of benzene rings is 1. The monoisotopic (exact) mass is 285 g/mol. The third-order valence-electron chi connectivity index (χ3n) is 3.75. The average molecular weight is 285 g/mol. The number of H-pyrrole nitrogens is 3. The zero-order valence-corrected chi connectivity index (χ0v) is 12.1. The van der Waals surface area contributed by atoms with Gasteiger partial charge in [0, 0.05) is 18.4 Å². The van der Waals surface area contributed by atoms with Crippen LogP contribution >= 0.6 is 0 Å². The highest BCUT2D eigenvalue weighted by atomic mass is 16.1. The molecule has 4 N–H and O–H groups in total. The lowest BCUT2D eigenvalue weighted by atomic mass is 10.1. The van der Waals surface area contributed by atoms with E-state index in [4.69, 9.17) is 0 Å². The van der Waals surface area contributed by atoms with Crippen molar-refractivity contribution in [2.24, 2.45) is 0 Å². The molecule has 2 aromatic heterocycles. The lowest BCUT2D eigenvalue weighted by Crippen LogP contribution is -2.25. The molecule has 3 rings (SSSR count). The van der Waals surface area contributed by atoms with E-state index in [1.54, 1.807) is 6.20 Å². The number of hydrogen-bond donors (Lipinski definition) is 4. The van der Waals surface area contributed by atoms with Gasteiger partial charge in [0.2, 0.25) is 0 Å². The van der Waals surface area contributed by atoms with Crippen LogP contribution in [0.25, 0.3) is 11.0 Å². The molecule has 0 aliphatic rings. The van der Waals surface area contributed by atoms with Crippen molar-refractivity contribution in [1.82, 2.24) is 25.3 Å². The zero-order chi connectivity index (χ0) is 14.8. The van der Waals surface area contributed by atoms with Crippen LogP contribution in [0.4, 0.5) is 0 Å². The van der Waals surface area contributed by atoms with Crippen molar-refractivity contribution >= 4 is 11.0 Å². The first-order chi connectivity index (χ1) is 10.2. The van der Waals surface area contributed by atoms with Crippen LogP contribution in [0.1, 0.15) is 43.7 Å². The van der Waals surface area contributed by atoms with Gasteiger partial charge in [-0.3, -0.25) is 0 Å². The fraction of sp³-hybridized carbons (Fsp3) is 0.333. The molecule has 2 heterocycles. The Balaban J connectivity index is 1.82. The molecule has 0 radical (unpaired) electrons. The van der Waals surface area contributed by atoms with Gasteiger partial charge in [0.25, 0.3) is 0 Å². The maximum absolute atomic E-state index is 11.3. The normalized spacial score (nSPS) is 14.4. The number of aromatic nitrogens is 4. The third-order valence-corrected chi connectivity index (χ3v) is 3.75. The molecule has 2 unspecified atom stereocenters. The fourth-order valence-corrected chi connectivity index (χ4v) is 2.58. The molecule has 0 bridgehead atoms. The Morgan fingerprint density at radius 1 is 1.29 bits per heavy atom. The van der Waals surface area contributed by atoms with Crippen molar-refractivity contribution in [2.75, 3.05) is 0 Å². The van der Waals surface area contributed by atoms with Crippen molar-refractivity contribution in [3.63, 3.8) is 0 Å². The molecule has 0 saturated carbocycles. The summed E-state index contributed by atoms with van der Waals surface area (Å²) in [6.07, 6.45) is 4.54. The molecule has 2 atom stereocenters. The van der Waals surface area contributed by atoms with Gasteiger partial charge < -0.3 is 20.3 Å². The summed E-state index contributed by atoms with van der Waals surface area (Å²) < 4.78 is 0. The molecule has 0 saturated heterocycles. The molecule has 0 fully saturated rings. The molecule has 0 aliphatic heterocycles. The van der Waals surface area contributed by atoms with Gasteiger partial charge in [-0.15, -0.1) is 0 Å². The van der Waals surface area contributed by atoms with Crippen molar-refractivity contribution in [2.45, 2.75) is 32.4 Å². The molecule has 21 heavy (non-hydrogen) atoms. The van der Waals surface area contributed by atoms with Gasteiger partial charge in [0.05, 0.1) is 17.1 Å². The summed E-state index contributed by atoms with van der Waals surface area (Å²) >= 11 is 0. The van der Waals surface area contributed by atoms with E-state index >= 15 is 0 Å². The summed E-state index contributed by atoms with van der Waals surface area (Å²) in [5.41, 5.74) is 2.61. The quantitative estimate of drug-likeness (QED) is 0.580. The smallest absolute Gasteiger partial charge is 0.323 e. The minimum Gasteiger partial charge on any atom is -0.347 e. The maximum atomic E-state index is 11.3. The minimum atomic E-state index is -0.176. The van der Waals surface area contributed by atoms with E-state index in [1.807, 2.05) is 24.4 Å². The number of aromatic amines is 3. The Bertz CT molecular complexity index is 771. The fourth-order valence-electron chi connectivity index (χ4n) is 2.58.